The number of hydrogen-bond acceptors (Lipinski definition) is 1. The average Bonchev–Trinajstić information content (AvgIpc) is 3.28. The molecule has 0 bridgehead atoms. The van der Waals surface area contributed by atoms with Gasteiger partial charge in [0.1, 0.15) is 13.7 Å². The number of benzene rings is 3. The van der Waals surface area contributed by atoms with E-state index in [0.717, 1.165) is 23.0 Å². The smallest absolute Gasteiger partial charge is 0.110 e. The molecule has 0 saturated carbocycles. The number of H-pyrrole nitrogens is 1. The summed E-state index contributed by atoms with van der Waals surface area (Å²) in [7, 11) is 2.17. The first-order chi connectivity index (χ1) is 14.3. The number of aromatic amines is 1. The van der Waals surface area contributed by atoms with E-state index in [1.807, 2.05) is 18.3 Å². The molecule has 4 rings (SSSR count). The maximum atomic E-state index is 4.17. The average molecular weight is 443 g/mol. The molecule has 0 unspecified atom stereocenters. The third-order valence-electron chi connectivity index (χ3n) is 4.42. The van der Waals surface area contributed by atoms with E-state index in [4.69, 9.17) is 0 Å². The molecule has 144 valence electrons. The van der Waals surface area contributed by atoms with Crippen LogP contribution in [0.3, 0.4) is 0 Å². The molecule has 29 heavy (non-hydrogen) atoms. The van der Waals surface area contributed by atoms with Crippen LogP contribution in [0.15, 0.2) is 108 Å². The monoisotopic (exact) mass is 442 g/mol. The fraction of sp³-hybridized carbons (Fsp3) is 0.0800. The second-order valence-corrected chi connectivity index (χ2v) is 7.51. The van der Waals surface area contributed by atoms with E-state index >= 15 is 0 Å². The Kier molecular flexibility index (Phi) is 8.08. The van der Waals surface area contributed by atoms with Crippen molar-refractivity contribution in [3.63, 3.8) is 0 Å². The summed E-state index contributed by atoms with van der Waals surface area (Å²) >= 11 is 3.40. The highest BCUT2D eigenvalue weighted by molar-refractivity contribution is 9.10. The Morgan fingerprint density at radius 2 is 1.45 bits per heavy atom. The van der Waals surface area contributed by atoms with Gasteiger partial charge in [0.25, 0.3) is 0 Å². The second kappa shape index (κ2) is 11.2. The van der Waals surface area contributed by atoms with Crippen LogP contribution in [0.1, 0.15) is 22.5 Å². The first kappa shape index (κ1) is 20.9. The normalized spacial score (nSPS) is 9.97. The van der Waals surface area contributed by atoms with Crippen molar-refractivity contribution in [2.24, 2.45) is 0 Å². The fourth-order valence-corrected chi connectivity index (χ4v) is 3.30. The lowest BCUT2D eigenvalue weighted by Gasteiger charge is -2.07. The van der Waals surface area contributed by atoms with Gasteiger partial charge >= 0.3 is 0 Å². The summed E-state index contributed by atoms with van der Waals surface area (Å²) in [4.78, 5) is 7.24. The van der Waals surface area contributed by atoms with E-state index < -0.39 is 0 Å². The number of allylic oxidation sites excluding steroid dienone is 1. The van der Waals surface area contributed by atoms with Crippen LogP contribution in [0.4, 0.5) is 0 Å². The number of rotatable bonds is 5. The van der Waals surface area contributed by atoms with Gasteiger partial charge in [-0.05, 0) is 34.4 Å². The van der Waals surface area contributed by atoms with Gasteiger partial charge in [0.05, 0.1) is 0 Å². The molecule has 4 heteroatoms. The predicted molar refractivity (Wildman–Crippen MR) is 129 cm³/mol. The van der Waals surface area contributed by atoms with Crippen molar-refractivity contribution in [1.82, 2.24) is 9.97 Å². The summed E-state index contributed by atoms with van der Waals surface area (Å²) < 4.78 is 1.11. The molecule has 1 N–H and O–H groups in total. The third-order valence-corrected chi connectivity index (χ3v) is 4.95. The summed E-state index contributed by atoms with van der Waals surface area (Å²) in [5.41, 5.74) is 5.16. The van der Waals surface area contributed by atoms with Crippen LogP contribution in [0.25, 0.3) is 5.57 Å². The van der Waals surface area contributed by atoms with Crippen LogP contribution in [0.5, 0.6) is 0 Å². The Morgan fingerprint density at radius 1 is 0.862 bits per heavy atom. The summed E-state index contributed by atoms with van der Waals surface area (Å²) in [6.07, 6.45) is 7.81. The van der Waals surface area contributed by atoms with Crippen LogP contribution in [0.2, 0.25) is 6.32 Å². The third kappa shape index (κ3) is 6.61. The van der Waals surface area contributed by atoms with Gasteiger partial charge in [-0.3, -0.25) is 0 Å². The van der Waals surface area contributed by atoms with Gasteiger partial charge in [-0.2, -0.15) is 0 Å². The molecular formula is C25H24BBrN2. The van der Waals surface area contributed by atoms with E-state index in [9.17, 15) is 0 Å². The SMILES string of the molecule is BCC=C(c1ccccc1)c1ccccc1.Brc1ccc(Cc2ncc[nH]2)cc1. The van der Waals surface area contributed by atoms with E-state index in [0.29, 0.717) is 0 Å². The van der Waals surface area contributed by atoms with Gasteiger partial charge in [0, 0.05) is 23.3 Å². The van der Waals surface area contributed by atoms with Crippen molar-refractivity contribution < 1.29 is 0 Å². The molecule has 0 fully saturated rings. The Labute approximate surface area is 182 Å². The molecule has 0 spiro atoms. The van der Waals surface area contributed by atoms with Crippen molar-refractivity contribution in [3.05, 3.63) is 130 Å². The molecule has 4 aromatic rings. The van der Waals surface area contributed by atoms with Gasteiger partial charge in [-0.15, -0.1) is 0 Å². The minimum atomic E-state index is 0.861. The van der Waals surface area contributed by atoms with Crippen LogP contribution >= 0.6 is 15.9 Å². The van der Waals surface area contributed by atoms with E-state index in [2.05, 4.69) is 113 Å². The summed E-state index contributed by atoms with van der Waals surface area (Å²) in [6.45, 7) is 0. The number of imidazole rings is 1. The molecule has 0 atom stereocenters. The molecule has 0 aliphatic carbocycles. The largest absolute Gasteiger partial charge is 0.348 e. The number of hydrogen-bond donors (Lipinski definition) is 1. The van der Waals surface area contributed by atoms with Gasteiger partial charge < -0.3 is 4.98 Å². The Morgan fingerprint density at radius 3 is 1.93 bits per heavy atom. The first-order valence-corrected chi connectivity index (χ1v) is 10.6. The Hall–Kier alpha value is -2.85. The lowest BCUT2D eigenvalue weighted by atomic mass is 9.93. The zero-order valence-electron chi connectivity index (χ0n) is 16.6. The first-order valence-electron chi connectivity index (χ1n) is 9.80. The van der Waals surface area contributed by atoms with Gasteiger partial charge in [-0.25, -0.2) is 4.98 Å². The van der Waals surface area contributed by atoms with Crippen LogP contribution in [0, 0.1) is 0 Å². The maximum absolute atomic E-state index is 4.17. The highest BCUT2D eigenvalue weighted by atomic mass is 79.9. The molecule has 0 amide bonds. The zero-order valence-corrected chi connectivity index (χ0v) is 18.1. The van der Waals surface area contributed by atoms with Crippen molar-refractivity contribution >= 4 is 29.3 Å². The molecule has 1 heterocycles. The second-order valence-electron chi connectivity index (χ2n) is 6.60. The lowest BCUT2D eigenvalue weighted by Crippen LogP contribution is -1.89. The number of nitrogens with zero attached hydrogens (tertiary/aromatic N) is 1. The number of aromatic nitrogens is 2. The van der Waals surface area contributed by atoms with Crippen LogP contribution in [-0.2, 0) is 6.42 Å². The molecule has 2 nitrogen and oxygen atoms in total. The molecule has 3 aromatic carbocycles. The molecule has 0 saturated heterocycles. The van der Waals surface area contributed by atoms with Gasteiger partial charge in [0.2, 0.25) is 0 Å². The summed E-state index contributed by atoms with van der Waals surface area (Å²) in [6, 6.07) is 29.4. The zero-order chi connectivity index (χ0) is 20.3. The van der Waals surface area contributed by atoms with Crippen molar-refractivity contribution in [2.75, 3.05) is 0 Å². The highest BCUT2D eigenvalue weighted by Crippen LogP contribution is 2.23. The predicted octanol–water partition coefficient (Wildman–Crippen LogP) is 5.93. The molecular weight excluding hydrogens is 419 g/mol. The minimum absolute atomic E-state index is 0.861. The van der Waals surface area contributed by atoms with Gasteiger partial charge in [-0.1, -0.05) is 101 Å². The minimum Gasteiger partial charge on any atom is -0.348 e. The van der Waals surface area contributed by atoms with E-state index in [1.165, 1.54) is 22.3 Å². The molecule has 0 aliphatic heterocycles. The van der Waals surface area contributed by atoms with Crippen LogP contribution < -0.4 is 0 Å². The Bertz CT molecular complexity index is 954. The quantitative estimate of drug-likeness (QED) is 0.381. The van der Waals surface area contributed by atoms with Crippen molar-refractivity contribution in [1.29, 1.82) is 0 Å². The number of nitrogens with one attached hydrogen (secondary N) is 1. The van der Waals surface area contributed by atoms with Crippen molar-refractivity contribution in [2.45, 2.75) is 12.7 Å². The van der Waals surface area contributed by atoms with Gasteiger partial charge in [0.15, 0.2) is 0 Å². The lowest BCUT2D eigenvalue weighted by molar-refractivity contribution is 1.03. The summed E-state index contributed by atoms with van der Waals surface area (Å²) in [5.74, 6) is 1.00. The maximum Gasteiger partial charge on any atom is 0.110 e. The Balaban J connectivity index is 0.000000169. The standard InChI is InChI=1S/C15H15B.C10H9BrN2/c16-12-11-15(13-7-3-1-4-8-13)14-9-5-2-6-10-14;11-9-3-1-8(2-4-9)7-10-12-5-6-13-10/h1-11H,12,16H2;1-6H,7H2,(H,12,13). The van der Waals surface area contributed by atoms with E-state index in [1.54, 1.807) is 6.20 Å². The topological polar surface area (TPSA) is 28.7 Å². The molecule has 0 radical (unpaired) electrons. The van der Waals surface area contributed by atoms with Crippen molar-refractivity contribution in [3.8, 4) is 0 Å². The number of halogens is 1. The molecule has 1 aromatic heterocycles. The highest BCUT2D eigenvalue weighted by Gasteiger charge is 2.02. The van der Waals surface area contributed by atoms with Crippen LogP contribution in [-0.4, -0.2) is 17.8 Å². The molecule has 0 aliphatic rings. The van der Waals surface area contributed by atoms with E-state index in [-0.39, 0.29) is 0 Å². The fourth-order valence-electron chi connectivity index (χ4n) is 3.03. The summed E-state index contributed by atoms with van der Waals surface area (Å²) in [5, 5.41) is 0.